The van der Waals surface area contributed by atoms with E-state index in [2.05, 4.69) is 20.4 Å². The fourth-order valence-electron chi connectivity index (χ4n) is 3.08. The van der Waals surface area contributed by atoms with E-state index in [9.17, 15) is 9.18 Å². The molecule has 26 heavy (non-hydrogen) atoms. The van der Waals surface area contributed by atoms with Gasteiger partial charge in [-0.3, -0.25) is 9.78 Å². The van der Waals surface area contributed by atoms with E-state index in [1.807, 2.05) is 18.2 Å². The van der Waals surface area contributed by atoms with Gasteiger partial charge >= 0.3 is 0 Å². The summed E-state index contributed by atoms with van der Waals surface area (Å²) in [5.74, 6) is -0.000661. The molecule has 4 rings (SSSR count). The van der Waals surface area contributed by atoms with Crippen LogP contribution in [0.2, 0.25) is 0 Å². The molecule has 132 valence electrons. The van der Waals surface area contributed by atoms with E-state index in [1.165, 1.54) is 24.3 Å². The number of hydrogen-bond donors (Lipinski definition) is 0. The lowest BCUT2D eigenvalue weighted by atomic mass is 10.0. The maximum atomic E-state index is 13.1. The van der Waals surface area contributed by atoms with Crippen LogP contribution in [-0.2, 0) is 0 Å². The number of piperidine rings is 1. The summed E-state index contributed by atoms with van der Waals surface area (Å²) in [4.78, 5) is 20.2. The Labute approximate surface area is 149 Å². The van der Waals surface area contributed by atoms with Crippen LogP contribution < -0.4 is 0 Å². The van der Waals surface area contributed by atoms with Gasteiger partial charge in [0.2, 0.25) is 5.82 Å². The first-order chi connectivity index (χ1) is 12.7. The maximum Gasteiger partial charge on any atom is 0.253 e. The average Bonchev–Trinajstić information content (AvgIpc) is 3.19. The number of carbonyl (C=O) groups excluding carboxylic acids is 1. The van der Waals surface area contributed by atoms with Crippen LogP contribution >= 0.6 is 0 Å². The van der Waals surface area contributed by atoms with E-state index in [-0.39, 0.29) is 17.8 Å². The molecular weight excluding hydrogens is 335 g/mol. The van der Waals surface area contributed by atoms with Crippen molar-refractivity contribution in [2.24, 2.45) is 0 Å². The molecule has 0 N–H and O–H groups in total. The Balaban J connectivity index is 1.49. The van der Waals surface area contributed by atoms with Crippen LogP contribution in [0.15, 0.2) is 48.7 Å². The fourth-order valence-corrected chi connectivity index (χ4v) is 3.08. The van der Waals surface area contributed by atoms with E-state index >= 15 is 0 Å². The fraction of sp³-hybridized carbons (Fsp3) is 0.278. The van der Waals surface area contributed by atoms with Gasteiger partial charge in [-0.25, -0.2) is 4.39 Å². The van der Waals surface area contributed by atoms with Crippen LogP contribution in [0, 0.1) is 5.82 Å². The molecule has 2 aromatic heterocycles. The minimum Gasteiger partial charge on any atom is -0.336 e. The van der Waals surface area contributed by atoms with Crippen molar-refractivity contribution >= 4 is 5.91 Å². The first-order valence-electron chi connectivity index (χ1n) is 8.46. The van der Waals surface area contributed by atoms with Crippen molar-refractivity contribution in [3.05, 3.63) is 60.0 Å². The molecule has 1 aliphatic heterocycles. The zero-order valence-corrected chi connectivity index (χ0v) is 14.0. The van der Waals surface area contributed by atoms with Gasteiger partial charge in [-0.1, -0.05) is 6.07 Å². The van der Waals surface area contributed by atoms with Crippen molar-refractivity contribution in [1.29, 1.82) is 0 Å². The van der Waals surface area contributed by atoms with Crippen LogP contribution in [0.25, 0.3) is 11.5 Å². The SMILES string of the molecule is O=C(c1ccc(F)cc1)N1CCC[C@H](n2nnc(-c3ccccn3)n2)C1. The quantitative estimate of drug-likeness (QED) is 0.723. The zero-order valence-electron chi connectivity index (χ0n) is 14.0. The molecule has 8 heteroatoms. The van der Waals surface area contributed by atoms with E-state index in [0.29, 0.717) is 30.2 Å². The largest absolute Gasteiger partial charge is 0.336 e. The molecule has 0 unspecified atom stereocenters. The lowest BCUT2D eigenvalue weighted by molar-refractivity contribution is 0.0663. The number of likely N-dealkylation sites (tertiary alicyclic amines) is 1. The Morgan fingerprint density at radius 2 is 2.00 bits per heavy atom. The van der Waals surface area contributed by atoms with E-state index in [0.717, 1.165) is 12.8 Å². The lowest BCUT2D eigenvalue weighted by Crippen LogP contribution is -2.41. The number of aromatic nitrogens is 5. The summed E-state index contributed by atoms with van der Waals surface area (Å²) in [5.41, 5.74) is 1.14. The van der Waals surface area contributed by atoms with Gasteiger partial charge in [0.25, 0.3) is 5.91 Å². The highest BCUT2D eigenvalue weighted by Gasteiger charge is 2.27. The third kappa shape index (κ3) is 3.30. The van der Waals surface area contributed by atoms with Gasteiger partial charge in [0.1, 0.15) is 11.5 Å². The summed E-state index contributed by atoms with van der Waals surface area (Å²) in [6.45, 7) is 1.16. The van der Waals surface area contributed by atoms with E-state index in [4.69, 9.17) is 0 Å². The number of hydrogen-bond acceptors (Lipinski definition) is 5. The summed E-state index contributed by atoms with van der Waals surface area (Å²) < 4.78 is 13.1. The lowest BCUT2D eigenvalue weighted by Gasteiger charge is -2.31. The highest BCUT2D eigenvalue weighted by atomic mass is 19.1. The Bertz CT molecular complexity index is 896. The predicted molar refractivity (Wildman–Crippen MR) is 91.6 cm³/mol. The second-order valence-electron chi connectivity index (χ2n) is 6.20. The second kappa shape index (κ2) is 6.99. The molecule has 0 spiro atoms. The Morgan fingerprint density at radius 1 is 1.15 bits per heavy atom. The molecule has 0 saturated carbocycles. The molecule has 0 aliphatic carbocycles. The van der Waals surface area contributed by atoms with Crippen LogP contribution in [0.5, 0.6) is 0 Å². The van der Waals surface area contributed by atoms with Gasteiger partial charge in [0, 0.05) is 24.8 Å². The smallest absolute Gasteiger partial charge is 0.253 e. The van der Waals surface area contributed by atoms with Crippen molar-refractivity contribution in [3.8, 4) is 11.5 Å². The van der Waals surface area contributed by atoms with Crippen molar-refractivity contribution in [3.63, 3.8) is 0 Å². The Hall–Kier alpha value is -3.16. The summed E-state index contributed by atoms with van der Waals surface area (Å²) in [7, 11) is 0. The molecule has 1 fully saturated rings. The summed E-state index contributed by atoms with van der Waals surface area (Å²) >= 11 is 0. The molecule has 1 amide bonds. The molecule has 1 atom stereocenters. The second-order valence-corrected chi connectivity index (χ2v) is 6.20. The average molecular weight is 352 g/mol. The topological polar surface area (TPSA) is 76.8 Å². The van der Waals surface area contributed by atoms with Gasteiger partial charge in [-0.05, 0) is 54.5 Å². The van der Waals surface area contributed by atoms with Gasteiger partial charge in [0.15, 0.2) is 0 Å². The number of carbonyl (C=O) groups is 1. The molecule has 1 aromatic carbocycles. The van der Waals surface area contributed by atoms with E-state index in [1.54, 1.807) is 15.9 Å². The molecule has 1 aliphatic rings. The minimum atomic E-state index is -0.355. The van der Waals surface area contributed by atoms with Crippen LogP contribution in [-0.4, -0.2) is 49.1 Å². The standard InChI is InChI=1S/C18H17FN6O/c19-14-8-6-13(7-9-14)18(26)24-11-3-4-15(12-24)25-22-17(21-23-25)16-5-1-2-10-20-16/h1-2,5-10,15H,3-4,11-12H2/t15-/m0/s1. The highest BCUT2D eigenvalue weighted by Crippen LogP contribution is 2.22. The molecule has 7 nitrogen and oxygen atoms in total. The first-order valence-corrected chi connectivity index (χ1v) is 8.46. The third-order valence-corrected chi connectivity index (χ3v) is 4.42. The van der Waals surface area contributed by atoms with Gasteiger partial charge in [0.05, 0.1) is 6.04 Å². The molecule has 1 saturated heterocycles. The van der Waals surface area contributed by atoms with Gasteiger partial charge in [-0.2, -0.15) is 4.80 Å². The van der Waals surface area contributed by atoms with Gasteiger partial charge in [-0.15, -0.1) is 10.2 Å². The maximum absolute atomic E-state index is 13.1. The summed E-state index contributed by atoms with van der Waals surface area (Å²) in [5, 5.41) is 12.6. The number of halogens is 1. The number of amides is 1. The van der Waals surface area contributed by atoms with Gasteiger partial charge < -0.3 is 4.90 Å². The minimum absolute atomic E-state index is 0.0434. The summed E-state index contributed by atoms with van der Waals surface area (Å²) in [6.07, 6.45) is 3.39. The zero-order chi connectivity index (χ0) is 17.9. The predicted octanol–water partition coefficient (Wildman–Crippen LogP) is 2.35. The Morgan fingerprint density at radius 3 is 2.77 bits per heavy atom. The molecule has 3 aromatic rings. The molecule has 0 radical (unpaired) electrons. The third-order valence-electron chi connectivity index (χ3n) is 4.42. The highest BCUT2D eigenvalue weighted by molar-refractivity contribution is 5.94. The molecule has 3 heterocycles. The van der Waals surface area contributed by atoms with Crippen molar-refractivity contribution in [2.45, 2.75) is 18.9 Å². The van der Waals surface area contributed by atoms with Crippen LogP contribution in [0.4, 0.5) is 4.39 Å². The van der Waals surface area contributed by atoms with Crippen molar-refractivity contribution in [2.75, 3.05) is 13.1 Å². The number of tetrazole rings is 1. The molecule has 0 bridgehead atoms. The van der Waals surface area contributed by atoms with Crippen molar-refractivity contribution < 1.29 is 9.18 Å². The Kier molecular flexibility index (Phi) is 4.39. The van der Waals surface area contributed by atoms with Crippen LogP contribution in [0.3, 0.4) is 0 Å². The van der Waals surface area contributed by atoms with E-state index < -0.39 is 0 Å². The first kappa shape index (κ1) is 16.3. The van der Waals surface area contributed by atoms with Crippen LogP contribution in [0.1, 0.15) is 29.2 Å². The monoisotopic (exact) mass is 352 g/mol. The number of pyridine rings is 1. The normalized spacial score (nSPS) is 17.3. The number of benzene rings is 1. The number of rotatable bonds is 3. The summed E-state index contributed by atoms with van der Waals surface area (Å²) in [6, 6.07) is 11.1. The number of nitrogens with zero attached hydrogens (tertiary/aromatic N) is 6. The van der Waals surface area contributed by atoms with Crippen molar-refractivity contribution in [1.82, 2.24) is 30.1 Å². The molecular formula is C18H17FN6O.